The lowest BCUT2D eigenvalue weighted by Gasteiger charge is -2.36. The van der Waals surface area contributed by atoms with Crippen molar-refractivity contribution in [2.75, 3.05) is 26.8 Å². The van der Waals surface area contributed by atoms with Gasteiger partial charge in [-0.1, -0.05) is 18.2 Å². The van der Waals surface area contributed by atoms with Crippen LogP contribution in [0.3, 0.4) is 0 Å². The molecule has 9 nitrogen and oxygen atoms in total. The van der Waals surface area contributed by atoms with Gasteiger partial charge in [0.2, 0.25) is 0 Å². The van der Waals surface area contributed by atoms with Crippen LogP contribution in [0.4, 0.5) is 0 Å². The number of nitrogens with one attached hydrogen (secondary N) is 1. The molecule has 0 fully saturated rings. The van der Waals surface area contributed by atoms with Gasteiger partial charge in [0.15, 0.2) is 11.5 Å². The smallest absolute Gasteiger partial charge is 0.255 e. The summed E-state index contributed by atoms with van der Waals surface area (Å²) < 4.78 is 47.3. The van der Waals surface area contributed by atoms with Crippen molar-refractivity contribution in [2.24, 2.45) is 0 Å². The molecule has 0 radical (unpaired) electrons. The molecule has 3 aromatic carbocycles. The number of sulfonamides is 1. The first kappa shape index (κ1) is 27.1. The Morgan fingerprint density at radius 2 is 1.90 bits per heavy atom. The lowest BCUT2D eigenvalue weighted by Crippen LogP contribution is -2.40. The van der Waals surface area contributed by atoms with E-state index in [1.54, 1.807) is 47.1 Å². The Hall–Kier alpha value is -4.06. The van der Waals surface area contributed by atoms with Gasteiger partial charge in [-0.3, -0.25) is 4.79 Å². The monoisotopic (exact) mass is 592 g/mol. The Morgan fingerprint density at radius 1 is 1.07 bits per heavy atom. The summed E-state index contributed by atoms with van der Waals surface area (Å²) in [5.74, 6) is 1.35. The number of hydrogen-bond donors (Lipinski definition) is 2. The number of nitrogens with zero attached hydrogens (tertiary/aromatic N) is 1. The summed E-state index contributed by atoms with van der Waals surface area (Å²) in [6.07, 6.45) is 0.972. The molecule has 0 saturated carbocycles. The van der Waals surface area contributed by atoms with Crippen LogP contribution in [0.2, 0.25) is 0 Å². The summed E-state index contributed by atoms with van der Waals surface area (Å²) in [5, 5.41) is 14.9. The number of hydrogen-bond acceptors (Lipinski definition) is 8. The minimum Gasteiger partial charge on any atom is -0.507 e. The van der Waals surface area contributed by atoms with Gasteiger partial charge in [-0.15, -0.1) is 11.3 Å². The second kappa shape index (κ2) is 11.1. The predicted octanol–water partition coefficient (Wildman–Crippen LogP) is 5.10. The number of rotatable bonds is 3. The van der Waals surface area contributed by atoms with Crippen molar-refractivity contribution in [3.05, 3.63) is 94.4 Å². The zero-order chi connectivity index (χ0) is 28.6. The molecule has 0 spiro atoms. The van der Waals surface area contributed by atoms with E-state index in [9.17, 15) is 18.3 Å². The minimum absolute atomic E-state index is 0.103. The molecule has 1 aromatic heterocycles. The summed E-state index contributed by atoms with van der Waals surface area (Å²) in [5.41, 5.74) is 2.63. The van der Waals surface area contributed by atoms with Crippen molar-refractivity contribution in [3.63, 3.8) is 0 Å². The third kappa shape index (κ3) is 5.23. The first-order valence-electron chi connectivity index (χ1n) is 13.1. The summed E-state index contributed by atoms with van der Waals surface area (Å²) in [6, 6.07) is 18.3. The third-order valence-electron chi connectivity index (χ3n) is 7.17. The zero-order valence-corrected chi connectivity index (χ0v) is 23.8. The van der Waals surface area contributed by atoms with Crippen LogP contribution in [0, 0.1) is 0 Å². The molecule has 2 N–H and O–H groups in total. The molecule has 3 aliphatic heterocycles. The van der Waals surface area contributed by atoms with Gasteiger partial charge < -0.3 is 24.6 Å². The fourth-order valence-corrected chi connectivity index (χ4v) is 7.91. The molecule has 41 heavy (non-hydrogen) atoms. The molecule has 7 rings (SSSR count). The van der Waals surface area contributed by atoms with Crippen LogP contribution in [0.25, 0.3) is 0 Å². The highest BCUT2D eigenvalue weighted by molar-refractivity contribution is 7.91. The quantitative estimate of drug-likeness (QED) is 0.340. The highest BCUT2D eigenvalue weighted by Gasteiger charge is 2.38. The number of carbonyl (C=O) groups excluding carboxylic acids is 1. The molecule has 1 unspecified atom stereocenters. The molecule has 1 amide bonds. The molecule has 0 aliphatic carbocycles. The van der Waals surface area contributed by atoms with Crippen molar-refractivity contribution < 1.29 is 32.5 Å². The number of methoxy groups -OCH3 is 1. The number of ether oxygens (including phenoxy) is 3. The normalized spacial score (nSPS) is 17.5. The van der Waals surface area contributed by atoms with E-state index < -0.39 is 22.0 Å². The van der Waals surface area contributed by atoms with Crippen LogP contribution in [-0.2, 0) is 16.4 Å². The van der Waals surface area contributed by atoms with Crippen LogP contribution in [0.15, 0.2) is 76.3 Å². The third-order valence-corrected chi connectivity index (χ3v) is 10.4. The van der Waals surface area contributed by atoms with E-state index in [1.165, 1.54) is 23.5 Å². The number of phenols is 1. The minimum atomic E-state index is -3.79. The zero-order valence-electron chi connectivity index (χ0n) is 22.2. The molecule has 8 bridgehead atoms. The Bertz CT molecular complexity index is 1700. The predicted molar refractivity (Wildman–Crippen MR) is 154 cm³/mol. The SMILES string of the molecule is COc1ccc2cc1OCCCNC(=O)c1cc(ccc1O)Oc1ccc3c(c1)CCN(S(=O)(=O)c1cccs1)C23. The average molecular weight is 593 g/mol. The van der Waals surface area contributed by atoms with Crippen molar-refractivity contribution in [1.82, 2.24) is 9.62 Å². The Kier molecular flexibility index (Phi) is 7.33. The summed E-state index contributed by atoms with van der Waals surface area (Å²) >= 11 is 1.19. The lowest BCUT2D eigenvalue weighted by atomic mass is 9.89. The van der Waals surface area contributed by atoms with Crippen LogP contribution in [0.1, 0.15) is 39.5 Å². The topological polar surface area (TPSA) is 114 Å². The molecule has 11 heteroatoms. The first-order chi connectivity index (χ1) is 19.8. The largest absolute Gasteiger partial charge is 0.507 e. The van der Waals surface area contributed by atoms with Crippen molar-refractivity contribution >= 4 is 27.3 Å². The first-order valence-corrected chi connectivity index (χ1v) is 15.4. The number of aromatic hydroxyl groups is 1. The van der Waals surface area contributed by atoms with Crippen LogP contribution in [-0.4, -0.2) is 50.5 Å². The van der Waals surface area contributed by atoms with E-state index in [-0.39, 0.29) is 28.7 Å². The maximum Gasteiger partial charge on any atom is 0.255 e. The second-order valence-corrected chi connectivity index (χ2v) is 12.8. The van der Waals surface area contributed by atoms with E-state index >= 15 is 0 Å². The molecule has 0 saturated heterocycles. The van der Waals surface area contributed by atoms with E-state index in [1.807, 2.05) is 24.3 Å². The molecule has 1 atom stereocenters. The highest BCUT2D eigenvalue weighted by atomic mass is 32.2. The van der Waals surface area contributed by atoms with Gasteiger partial charge in [0.25, 0.3) is 15.9 Å². The maximum atomic E-state index is 13.9. The molecule has 4 aromatic rings. The van der Waals surface area contributed by atoms with Crippen LogP contribution in [0.5, 0.6) is 28.7 Å². The molecular formula is C30H28N2O7S2. The summed E-state index contributed by atoms with van der Waals surface area (Å²) in [6.45, 7) is 0.856. The Morgan fingerprint density at radius 3 is 2.71 bits per heavy atom. The number of fused-ring (bicyclic) bond motifs is 6. The molecule has 4 heterocycles. The summed E-state index contributed by atoms with van der Waals surface area (Å²) in [7, 11) is -2.24. The maximum absolute atomic E-state index is 13.9. The second-order valence-electron chi connectivity index (χ2n) is 9.71. The van der Waals surface area contributed by atoms with E-state index in [0.717, 1.165) is 16.7 Å². The van der Waals surface area contributed by atoms with Gasteiger partial charge in [0, 0.05) is 13.1 Å². The molecular weight excluding hydrogens is 564 g/mol. The van der Waals surface area contributed by atoms with Gasteiger partial charge in [0.1, 0.15) is 21.5 Å². The van der Waals surface area contributed by atoms with Crippen molar-refractivity contribution in [3.8, 4) is 28.7 Å². The molecule has 212 valence electrons. The molecule has 3 aliphatic rings. The van der Waals surface area contributed by atoms with Crippen LogP contribution < -0.4 is 19.5 Å². The average Bonchev–Trinajstić information content (AvgIpc) is 3.53. The summed E-state index contributed by atoms with van der Waals surface area (Å²) in [4.78, 5) is 12.8. The van der Waals surface area contributed by atoms with Crippen LogP contribution >= 0.6 is 11.3 Å². The number of amides is 1. The number of phenolic OH excluding ortho intramolecular Hbond substituents is 1. The Labute approximate surface area is 242 Å². The van der Waals surface area contributed by atoms with Gasteiger partial charge in [-0.2, -0.15) is 4.31 Å². The fourth-order valence-electron chi connectivity index (χ4n) is 5.20. The van der Waals surface area contributed by atoms with Crippen molar-refractivity contribution in [1.29, 1.82) is 0 Å². The van der Waals surface area contributed by atoms with E-state index in [2.05, 4.69) is 5.32 Å². The van der Waals surface area contributed by atoms with E-state index in [0.29, 0.717) is 42.4 Å². The standard InChI is InChI=1S/C30H28N2O7S2/c1-37-26-10-5-20-17-27(26)38-14-3-12-31-30(34)24-18-22(7-9-25(24)33)39-21-6-8-23-19(16-21)11-13-32(29(20)23)41(35,36)28-4-2-15-40-28/h2,4-10,15-18,29,33H,3,11-14H2,1H3,(H,31,34). The Balaban J connectivity index is 1.49. The number of carbonyl (C=O) groups is 1. The lowest BCUT2D eigenvalue weighted by molar-refractivity contribution is 0.0948. The number of thiophene rings is 1. The fraction of sp³-hybridized carbons (Fsp3) is 0.233. The number of benzene rings is 3. The van der Waals surface area contributed by atoms with Gasteiger partial charge in [-0.25, -0.2) is 8.42 Å². The van der Waals surface area contributed by atoms with Crippen molar-refractivity contribution in [2.45, 2.75) is 23.1 Å². The van der Waals surface area contributed by atoms with Gasteiger partial charge >= 0.3 is 0 Å². The highest BCUT2D eigenvalue weighted by Crippen LogP contribution is 2.43. The van der Waals surface area contributed by atoms with Gasteiger partial charge in [0.05, 0.1) is 25.3 Å². The van der Waals surface area contributed by atoms with E-state index in [4.69, 9.17) is 14.2 Å². The van der Waals surface area contributed by atoms with Gasteiger partial charge in [-0.05, 0) is 83.4 Å².